The van der Waals surface area contributed by atoms with Crippen LogP contribution in [0, 0.1) is 12.5 Å². The van der Waals surface area contributed by atoms with E-state index in [1.165, 1.54) is 0 Å². The van der Waals surface area contributed by atoms with Crippen molar-refractivity contribution in [3.63, 3.8) is 0 Å². The summed E-state index contributed by atoms with van der Waals surface area (Å²) in [4.78, 5) is 2.01. The minimum absolute atomic E-state index is 0.697. The van der Waals surface area contributed by atoms with Crippen LogP contribution in [0.5, 0.6) is 5.75 Å². The highest BCUT2D eigenvalue weighted by Crippen LogP contribution is 2.16. The predicted octanol–water partition coefficient (Wildman–Crippen LogP) is 1.72. The number of hydrogen-bond donors (Lipinski definition) is 0. The van der Waals surface area contributed by atoms with Gasteiger partial charge in [0.1, 0.15) is 11.9 Å². The Morgan fingerprint density at radius 1 is 1.25 bits per heavy atom. The summed E-state index contributed by atoms with van der Waals surface area (Å²) in [5, 5.41) is 0. The van der Waals surface area contributed by atoms with E-state index in [9.17, 15) is 0 Å². The number of rotatable bonds is 2. The number of terminal acetylenes is 1. The van der Waals surface area contributed by atoms with Gasteiger partial charge in [-0.1, -0.05) is 6.42 Å². The van der Waals surface area contributed by atoms with Gasteiger partial charge >= 0.3 is 0 Å². The quantitative estimate of drug-likeness (QED) is 0.612. The second-order valence-corrected chi connectivity index (χ2v) is 2.61. The van der Waals surface area contributed by atoms with Crippen molar-refractivity contribution in [3.8, 4) is 18.3 Å². The molecule has 1 aromatic rings. The van der Waals surface area contributed by atoms with E-state index in [0.29, 0.717) is 5.75 Å². The Morgan fingerprint density at radius 2 is 1.83 bits per heavy atom. The first kappa shape index (κ1) is 8.48. The van der Waals surface area contributed by atoms with E-state index in [4.69, 9.17) is 11.2 Å². The average Bonchev–Trinajstić information content (AvgIpc) is 2.06. The zero-order valence-corrected chi connectivity index (χ0v) is 7.24. The molecule has 0 radical (unpaired) electrons. The molecule has 0 saturated heterocycles. The molecule has 0 fully saturated rings. The first-order valence-corrected chi connectivity index (χ1v) is 3.64. The molecule has 0 aromatic heterocycles. The van der Waals surface area contributed by atoms with Gasteiger partial charge < -0.3 is 9.64 Å². The maximum Gasteiger partial charge on any atom is 0.140 e. The molecule has 2 heteroatoms. The van der Waals surface area contributed by atoms with Gasteiger partial charge in [-0.05, 0) is 24.3 Å². The highest BCUT2D eigenvalue weighted by atomic mass is 16.5. The van der Waals surface area contributed by atoms with Crippen molar-refractivity contribution in [1.29, 1.82) is 0 Å². The van der Waals surface area contributed by atoms with Crippen LogP contribution >= 0.6 is 0 Å². The Kier molecular flexibility index (Phi) is 2.60. The van der Waals surface area contributed by atoms with Gasteiger partial charge in [-0.25, -0.2) is 0 Å². The van der Waals surface area contributed by atoms with E-state index in [1.54, 1.807) is 0 Å². The largest absolute Gasteiger partial charge is 0.408 e. The minimum Gasteiger partial charge on any atom is -0.408 e. The van der Waals surface area contributed by atoms with Gasteiger partial charge in [0.2, 0.25) is 0 Å². The lowest BCUT2D eigenvalue weighted by Gasteiger charge is -2.11. The number of benzene rings is 1. The van der Waals surface area contributed by atoms with Gasteiger partial charge in [-0.2, -0.15) is 0 Å². The minimum atomic E-state index is 0.697. The highest BCUT2D eigenvalue weighted by Gasteiger charge is 1.94. The molecule has 0 spiro atoms. The summed E-state index contributed by atoms with van der Waals surface area (Å²) < 4.78 is 4.85. The average molecular weight is 161 g/mol. The molecule has 1 rings (SSSR count). The molecule has 0 saturated carbocycles. The Morgan fingerprint density at radius 3 is 2.25 bits per heavy atom. The molecular weight excluding hydrogens is 150 g/mol. The van der Waals surface area contributed by atoms with Crippen LogP contribution in [0.4, 0.5) is 5.69 Å². The third kappa shape index (κ3) is 1.93. The van der Waals surface area contributed by atoms with Gasteiger partial charge in [0.05, 0.1) is 0 Å². The van der Waals surface area contributed by atoms with E-state index in [0.717, 1.165) is 5.69 Å². The van der Waals surface area contributed by atoms with E-state index in [2.05, 4.69) is 6.11 Å². The summed E-state index contributed by atoms with van der Waals surface area (Å²) >= 11 is 0. The predicted molar refractivity (Wildman–Crippen MR) is 50.2 cm³/mol. The van der Waals surface area contributed by atoms with Gasteiger partial charge in [0.25, 0.3) is 0 Å². The van der Waals surface area contributed by atoms with E-state index >= 15 is 0 Å². The fourth-order valence-corrected chi connectivity index (χ4v) is 0.880. The van der Waals surface area contributed by atoms with Crippen LogP contribution in [-0.4, -0.2) is 14.1 Å². The van der Waals surface area contributed by atoms with Crippen LogP contribution in [0.15, 0.2) is 24.3 Å². The fourth-order valence-electron chi connectivity index (χ4n) is 0.880. The third-order valence-electron chi connectivity index (χ3n) is 1.53. The topological polar surface area (TPSA) is 12.5 Å². The molecule has 0 aliphatic carbocycles. The second kappa shape index (κ2) is 3.68. The third-order valence-corrected chi connectivity index (χ3v) is 1.53. The lowest BCUT2D eigenvalue weighted by Crippen LogP contribution is -2.07. The lowest BCUT2D eigenvalue weighted by molar-refractivity contribution is 0.521. The molecule has 0 aliphatic rings. The first-order chi connectivity index (χ1) is 5.74. The molecule has 0 heterocycles. The van der Waals surface area contributed by atoms with Crippen LogP contribution in [0.3, 0.4) is 0 Å². The van der Waals surface area contributed by atoms with Gasteiger partial charge in [-0.3, -0.25) is 0 Å². The van der Waals surface area contributed by atoms with Crippen molar-refractivity contribution in [2.45, 2.75) is 0 Å². The Hall–Kier alpha value is -1.62. The van der Waals surface area contributed by atoms with Crippen molar-refractivity contribution in [2.75, 3.05) is 19.0 Å². The summed E-state index contributed by atoms with van der Waals surface area (Å²) in [6, 6.07) is 7.59. The number of nitrogens with zero attached hydrogens (tertiary/aromatic N) is 1. The molecule has 1 aromatic carbocycles. The standard InChI is InChI=1S/C10H11NO/c1-4-12-10-7-5-9(6-8-10)11(2)3/h1,5-8H,2-3H3. The van der Waals surface area contributed by atoms with E-state index in [-0.39, 0.29) is 0 Å². The normalized spacial score (nSPS) is 8.75. The molecule has 0 N–H and O–H groups in total. The number of ether oxygens (including phenoxy) is 1. The van der Waals surface area contributed by atoms with Gasteiger partial charge in [-0.15, -0.1) is 0 Å². The molecular formula is C10H11NO. The van der Waals surface area contributed by atoms with Crippen LogP contribution in [0.25, 0.3) is 0 Å². The molecule has 0 aliphatic heterocycles. The zero-order valence-electron chi connectivity index (χ0n) is 7.24. The van der Waals surface area contributed by atoms with Crippen molar-refractivity contribution < 1.29 is 4.74 Å². The van der Waals surface area contributed by atoms with Crippen molar-refractivity contribution in [3.05, 3.63) is 24.3 Å². The van der Waals surface area contributed by atoms with Crippen molar-refractivity contribution >= 4 is 5.69 Å². The maximum atomic E-state index is 4.98. The van der Waals surface area contributed by atoms with E-state index < -0.39 is 0 Å². The van der Waals surface area contributed by atoms with Crippen LogP contribution in [-0.2, 0) is 0 Å². The molecule has 62 valence electrons. The summed E-state index contributed by atoms with van der Waals surface area (Å²) in [5.74, 6) is 0.697. The maximum absolute atomic E-state index is 4.98. The van der Waals surface area contributed by atoms with Crippen molar-refractivity contribution in [1.82, 2.24) is 0 Å². The van der Waals surface area contributed by atoms with E-state index in [1.807, 2.05) is 43.3 Å². The summed E-state index contributed by atoms with van der Waals surface area (Å²) in [5.41, 5.74) is 1.12. The molecule has 2 nitrogen and oxygen atoms in total. The monoisotopic (exact) mass is 161 g/mol. The van der Waals surface area contributed by atoms with Gasteiger partial charge in [0.15, 0.2) is 0 Å². The molecule has 0 bridgehead atoms. The highest BCUT2D eigenvalue weighted by molar-refractivity contribution is 5.47. The number of anilines is 1. The first-order valence-electron chi connectivity index (χ1n) is 3.64. The summed E-state index contributed by atoms with van der Waals surface area (Å²) in [6.45, 7) is 0. The van der Waals surface area contributed by atoms with Crippen molar-refractivity contribution in [2.24, 2.45) is 0 Å². The smallest absolute Gasteiger partial charge is 0.140 e. The van der Waals surface area contributed by atoms with Crippen LogP contribution in [0.1, 0.15) is 0 Å². The van der Waals surface area contributed by atoms with Crippen LogP contribution < -0.4 is 9.64 Å². The summed E-state index contributed by atoms with van der Waals surface area (Å²) in [7, 11) is 3.97. The second-order valence-electron chi connectivity index (χ2n) is 2.61. The molecule has 0 unspecified atom stereocenters. The Bertz CT molecular complexity index is 282. The number of hydrogen-bond acceptors (Lipinski definition) is 2. The zero-order chi connectivity index (χ0) is 8.97. The van der Waals surface area contributed by atoms with Crippen LogP contribution in [0.2, 0.25) is 0 Å². The molecule has 12 heavy (non-hydrogen) atoms. The lowest BCUT2D eigenvalue weighted by atomic mass is 10.3. The Labute approximate surface area is 72.8 Å². The fraction of sp³-hybridized carbons (Fsp3) is 0.200. The molecule has 0 amide bonds. The SMILES string of the molecule is C#COc1ccc(N(C)C)cc1. The Balaban J connectivity index is 2.80. The summed E-state index contributed by atoms with van der Waals surface area (Å²) in [6.07, 6.45) is 7.09. The molecule has 0 atom stereocenters. The van der Waals surface area contributed by atoms with Gasteiger partial charge in [0, 0.05) is 19.8 Å².